The van der Waals surface area contributed by atoms with Crippen LogP contribution in [0.3, 0.4) is 0 Å². The minimum Gasteiger partial charge on any atom is -0.127 e. The van der Waals surface area contributed by atoms with E-state index in [1.807, 2.05) is 24.3 Å². The summed E-state index contributed by atoms with van der Waals surface area (Å²) in [4.78, 5) is 0. The SMILES string of the molecule is C[Si](C)(C)C#Cc1cccc(Br)c1. The highest BCUT2D eigenvalue weighted by atomic mass is 79.9. The fourth-order valence-corrected chi connectivity index (χ4v) is 1.74. The molecule has 0 heterocycles. The molecule has 1 aromatic rings. The molecule has 0 atom stereocenters. The van der Waals surface area contributed by atoms with Gasteiger partial charge in [-0.25, -0.2) is 0 Å². The molecule has 0 amide bonds. The summed E-state index contributed by atoms with van der Waals surface area (Å²) in [6.07, 6.45) is 0. The lowest BCUT2D eigenvalue weighted by molar-refractivity contribution is 1.60. The van der Waals surface area contributed by atoms with Gasteiger partial charge in [0.25, 0.3) is 0 Å². The summed E-state index contributed by atoms with van der Waals surface area (Å²) in [6, 6.07) is 8.11. The molecule has 0 aliphatic heterocycles. The van der Waals surface area contributed by atoms with Gasteiger partial charge >= 0.3 is 0 Å². The van der Waals surface area contributed by atoms with Gasteiger partial charge in [-0.3, -0.25) is 0 Å². The molecule has 0 aromatic heterocycles. The van der Waals surface area contributed by atoms with Crippen LogP contribution in [-0.4, -0.2) is 8.07 Å². The van der Waals surface area contributed by atoms with E-state index in [4.69, 9.17) is 0 Å². The second kappa shape index (κ2) is 4.12. The molecule has 0 nitrogen and oxygen atoms in total. The van der Waals surface area contributed by atoms with E-state index in [2.05, 4.69) is 47.0 Å². The fourth-order valence-electron chi connectivity index (χ4n) is 0.826. The van der Waals surface area contributed by atoms with E-state index < -0.39 is 8.07 Å². The zero-order chi connectivity index (χ0) is 9.90. The zero-order valence-electron chi connectivity index (χ0n) is 8.19. The Hall–Kier alpha value is -0.523. The Balaban J connectivity index is 2.90. The standard InChI is InChI=1S/C11H13BrSi/c1-13(2,3)8-7-10-5-4-6-11(12)9-10/h4-6,9H,1-3H3. The Morgan fingerprint density at radius 2 is 1.92 bits per heavy atom. The molecule has 0 aliphatic rings. The van der Waals surface area contributed by atoms with Crippen molar-refractivity contribution in [2.24, 2.45) is 0 Å². The van der Waals surface area contributed by atoms with E-state index in [0.717, 1.165) is 10.0 Å². The topological polar surface area (TPSA) is 0 Å². The Labute approximate surface area is 89.5 Å². The lowest BCUT2D eigenvalue weighted by Gasteiger charge is -2.03. The van der Waals surface area contributed by atoms with Gasteiger partial charge in [0.15, 0.2) is 0 Å². The first-order valence-corrected chi connectivity index (χ1v) is 8.55. The predicted octanol–water partition coefficient (Wildman–Crippen LogP) is 3.68. The Bertz CT molecular complexity index is 352. The summed E-state index contributed by atoms with van der Waals surface area (Å²) in [6.45, 7) is 6.74. The van der Waals surface area contributed by atoms with Crippen LogP contribution in [0.5, 0.6) is 0 Å². The highest BCUT2D eigenvalue weighted by Crippen LogP contribution is 2.10. The van der Waals surface area contributed by atoms with E-state index in [1.54, 1.807) is 0 Å². The van der Waals surface area contributed by atoms with Crippen molar-refractivity contribution in [3.63, 3.8) is 0 Å². The van der Waals surface area contributed by atoms with Crippen LogP contribution in [0.25, 0.3) is 0 Å². The Morgan fingerprint density at radius 1 is 1.23 bits per heavy atom. The molecule has 0 bridgehead atoms. The highest BCUT2D eigenvalue weighted by molar-refractivity contribution is 9.10. The third-order valence-electron chi connectivity index (χ3n) is 1.41. The molecule has 0 fully saturated rings. The van der Waals surface area contributed by atoms with E-state index in [9.17, 15) is 0 Å². The maximum atomic E-state index is 3.43. The largest absolute Gasteiger partial charge is 0.129 e. The summed E-state index contributed by atoms with van der Waals surface area (Å²) in [5.74, 6) is 3.21. The summed E-state index contributed by atoms with van der Waals surface area (Å²) in [5, 5.41) is 0. The molecule has 0 saturated heterocycles. The number of benzene rings is 1. The van der Waals surface area contributed by atoms with Crippen molar-refractivity contribution in [2.45, 2.75) is 19.6 Å². The molecular formula is C11H13BrSi. The van der Waals surface area contributed by atoms with Gasteiger partial charge in [-0.05, 0) is 18.2 Å². The van der Waals surface area contributed by atoms with Crippen LogP contribution in [0.15, 0.2) is 28.7 Å². The van der Waals surface area contributed by atoms with Crippen LogP contribution in [0.4, 0.5) is 0 Å². The van der Waals surface area contributed by atoms with E-state index in [0.29, 0.717) is 0 Å². The van der Waals surface area contributed by atoms with E-state index in [1.165, 1.54) is 0 Å². The molecule has 0 radical (unpaired) electrons. The quantitative estimate of drug-likeness (QED) is 0.488. The normalized spacial score (nSPS) is 10.5. The summed E-state index contributed by atoms with van der Waals surface area (Å²) < 4.78 is 1.09. The third kappa shape index (κ3) is 4.30. The smallest absolute Gasteiger partial charge is 0.127 e. The zero-order valence-corrected chi connectivity index (χ0v) is 10.8. The maximum Gasteiger partial charge on any atom is 0.129 e. The number of rotatable bonds is 0. The molecular weight excluding hydrogens is 240 g/mol. The average Bonchev–Trinajstić information content (AvgIpc) is 2.00. The molecule has 0 unspecified atom stereocenters. The molecule has 1 aromatic carbocycles. The van der Waals surface area contributed by atoms with Gasteiger partial charge in [-0.1, -0.05) is 47.6 Å². The minimum atomic E-state index is -1.23. The Morgan fingerprint density at radius 3 is 2.46 bits per heavy atom. The first kappa shape index (κ1) is 10.6. The van der Waals surface area contributed by atoms with Crippen molar-refractivity contribution in [1.82, 2.24) is 0 Å². The second-order valence-corrected chi connectivity index (χ2v) is 9.68. The maximum absolute atomic E-state index is 3.43. The average molecular weight is 253 g/mol. The summed E-state index contributed by atoms with van der Waals surface area (Å²) in [7, 11) is -1.23. The van der Waals surface area contributed by atoms with Gasteiger partial charge in [0.1, 0.15) is 8.07 Å². The fraction of sp³-hybridized carbons (Fsp3) is 0.273. The highest BCUT2D eigenvalue weighted by Gasteiger charge is 2.07. The monoisotopic (exact) mass is 252 g/mol. The van der Waals surface area contributed by atoms with Crippen molar-refractivity contribution < 1.29 is 0 Å². The van der Waals surface area contributed by atoms with Crippen molar-refractivity contribution >= 4 is 24.0 Å². The Kier molecular flexibility index (Phi) is 3.35. The molecule has 1 rings (SSSR count). The van der Waals surface area contributed by atoms with Crippen molar-refractivity contribution in [1.29, 1.82) is 0 Å². The van der Waals surface area contributed by atoms with Crippen LogP contribution in [-0.2, 0) is 0 Å². The first-order valence-electron chi connectivity index (χ1n) is 4.26. The van der Waals surface area contributed by atoms with Crippen molar-refractivity contribution in [2.75, 3.05) is 0 Å². The van der Waals surface area contributed by atoms with Crippen molar-refractivity contribution in [3.8, 4) is 11.5 Å². The molecule has 0 spiro atoms. The minimum absolute atomic E-state index is 1.09. The number of hydrogen-bond donors (Lipinski definition) is 0. The molecule has 0 saturated carbocycles. The summed E-state index contributed by atoms with van der Waals surface area (Å²) >= 11 is 3.43. The van der Waals surface area contributed by atoms with E-state index in [-0.39, 0.29) is 0 Å². The van der Waals surface area contributed by atoms with Gasteiger partial charge in [0.05, 0.1) is 0 Å². The van der Waals surface area contributed by atoms with Crippen LogP contribution < -0.4 is 0 Å². The van der Waals surface area contributed by atoms with Gasteiger partial charge in [0.2, 0.25) is 0 Å². The van der Waals surface area contributed by atoms with Gasteiger partial charge in [0, 0.05) is 10.0 Å². The van der Waals surface area contributed by atoms with Gasteiger partial charge in [-0.15, -0.1) is 5.54 Å². The van der Waals surface area contributed by atoms with Crippen molar-refractivity contribution in [3.05, 3.63) is 34.3 Å². The van der Waals surface area contributed by atoms with Gasteiger partial charge < -0.3 is 0 Å². The van der Waals surface area contributed by atoms with Crippen LogP contribution in [0.2, 0.25) is 19.6 Å². The van der Waals surface area contributed by atoms with Crippen LogP contribution in [0, 0.1) is 11.5 Å². The number of halogens is 1. The lowest BCUT2D eigenvalue weighted by Crippen LogP contribution is -2.16. The number of hydrogen-bond acceptors (Lipinski definition) is 0. The van der Waals surface area contributed by atoms with E-state index >= 15 is 0 Å². The molecule has 2 heteroatoms. The first-order chi connectivity index (χ1) is 5.97. The predicted molar refractivity (Wildman–Crippen MR) is 64.4 cm³/mol. The molecule has 0 N–H and O–H groups in total. The van der Waals surface area contributed by atoms with Gasteiger partial charge in [-0.2, -0.15) is 0 Å². The molecule has 13 heavy (non-hydrogen) atoms. The molecule has 0 aliphatic carbocycles. The second-order valence-electron chi connectivity index (χ2n) is 4.01. The lowest BCUT2D eigenvalue weighted by atomic mass is 10.2. The van der Waals surface area contributed by atoms with Crippen LogP contribution in [0.1, 0.15) is 5.56 Å². The molecule has 68 valence electrons. The third-order valence-corrected chi connectivity index (χ3v) is 2.77. The van der Waals surface area contributed by atoms with Crippen LogP contribution >= 0.6 is 15.9 Å². The summed E-state index contributed by atoms with van der Waals surface area (Å²) in [5.41, 5.74) is 4.43.